The van der Waals surface area contributed by atoms with Gasteiger partial charge in [-0.25, -0.2) is 4.98 Å². The third-order valence-corrected chi connectivity index (χ3v) is 6.98. The summed E-state index contributed by atoms with van der Waals surface area (Å²) < 4.78 is 24.5. The van der Waals surface area contributed by atoms with Gasteiger partial charge in [0.2, 0.25) is 0 Å². The fraction of sp³-hybridized carbons (Fsp3) is 0.640. The van der Waals surface area contributed by atoms with E-state index in [1.807, 2.05) is 51.9 Å². The minimum atomic E-state index is -0.494. The number of ether oxygens (including phenoxy) is 4. The van der Waals surface area contributed by atoms with Gasteiger partial charge in [-0.05, 0) is 51.2 Å². The lowest BCUT2D eigenvalue weighted by molar-refractivity contribution is -0.136. The van der Waals surface area contributed by atoms with Crippen LogP contribution in [0, 0.1) is 19.8 Å². The zero-order valence-electron chi connectivity index (χ0n) is 22.3. The van der Waals surface area contributed by atoms with Gasteiger partial charge in [-0.2, -0.15) is 0 Å². The van der Waals surface area contributed by atoms with Gasteiger partial charge in [-0.3, -0.25) is 9.59 Å². The molecule has 1 N–H and O–H groups in total. The Hall–Kier alpha value is -1.64. The summed E-state index contributed by atoms with van der Waals surface area (Å²) in [6.07, 6.45) is -0.606. The molecule has 1 amide bonds. The number of hydrogen-bond acceptors (Lipinski definition) is 8. The molecule has 1 aromatic carbocycles. The standard InChI is InChI=1S/C25H39IN4O6/c1-16-10-19-20(11-17(16)2)30(25(32)23(28-19)24(31)27-8-9-29(4)5)13-22(36-15-34-7)18(3)21(12-26)35-14-33-6/h10-11,18,21-22H,8-9,12-15H2,1-7H3,(H,27,31)/t18-,21-,22+/m1/s1. The lowest BCUT2D eigenvalue weighted by atomic mass is 9.98. The third-order valence-electron chi connectivity index (χ3n) is 6.11. The van der Waals surface area contributed by atoms with Crippen molar-refractivity contribution in [2.75, 3.05) is 59.4 Å². The maximum Gasteiger partial charge on any atom is 0.282 e. The van der Waals surface area contributed by atoms with E-state index in [4.69, 9.17) is 18.9 Å². The first-order valence-corrected chi connectivity index (χ1v) is 13.4. The highest BCUT2D eigenvalue weighted by Crippen LogP contribution is 2.22. The minimum absolute atomic E-state index is 0.0566. The van der Waals surface area contributed by atoms with E-state index in [2.05, 4.69) is 32.9 Å². The van der Waals surface area contributed by atoms with Crippen molar-refractivity contribution >= 4 is 39.5 Å². The van der Waals surface area contributed by atoms with Crippen molar-refractivity contribution in [3.8, 4) is 0 Å². The van der Waals surface area contributed by atoms with E-state index in [1.54, 1.807) is 18.8 Å². The van der Waals surface area contributed by atoms with Crippen molar-refractivity contribution in [1.29, 1.82) is 0 Å². The monoisotopic (exact) mass is 618 g/mol. The number of fused-ring (bicyclic) bond motifs is 1. The summed E-state index contributed by atoms with van der Waals surface area (Å²) in [5.41, 5.74) is 2.68. The molecular formula is C25H39IN4O6. The average Bonchev–Trinajstić information content (AvgIpc) is 2.84. The first kappa shape index (κ1) is 30.6. The number of aromatic nitrogens is 2. The molecule has 202 valence electrons. The van der Waals surface area contributed by atoms with Gasteiger partial charge in [0, 0.05) is 37.7 Å². The highest BCUT2D eigenvalue weighted by molar-refractivity contribution is 14.1. The number of hydrogen-bond donors (Lipinski definition) is 1. The molecule has 36 heavy (non-hydrogen) atoms. The van der Waals surface area contributed by atoms with Crippen LogP contribution in [-0.4, -0.2) is 92.0 Å². The van der Waals surface area contributed by atoms with Crippen LogP contribution in [0.5, 0.6) is 0 Å². The molecule has 2 rings (SSSR count). The first-order valence-electron chi connectivity index (χ1n) is 11.9. The van der Waals surface area contributed by atoms with Gasteiger partial charge < -0.3 is 33.7 Å². The summed E-state index contributed by atoms with van der Waals surface area (Å²) in [5, 5.41) is 2.81. The number of methoxy groups -OCH3 is 2. The van der Waals surface area contributed by atoms with Crippen LogP contribution in [0.4, 0.5) is 0 Å². The maximum absolute atomic E-state index is 13.7. The van der Waals surface area contributed by atoms with E-state index < -0.39 is 17.6 Å². The Labute approximate surface area is 226 Å². The van der Waals surface area contributed by atoms with E-state index in [0.29, 0.717) is 28.6 Å². The molecule has 0 saturated carbocycles. The summed E-state index contributed by atoms with van der Waals surface area (Å²) in [4.78, 5) is 33.0. The molecule has 0 aliphatic rings. The van der Waals surface area contributed by atoms with E-state index in [0.717, 1.165) is 11.1 Å². The van der Waals surface area contributed by atoms with Crippen molar-refractivity contribution in [1.82, 2.24) is 19.8 Å². The van der Waals surface area contributed by atoms with Crippen molar-refractivity contribution in [2.24, 2.45) is 5.92 Å². The van der Waals surface area contributed by atoms with E-state index in [1.165, 1.54) is 0 Å². The molecule has 1 aromatic heterocycles. The van der Waals surface area contributed by atoms with E-state index >= 15 is 0 Å². The topological polar surface area (TPSA) is 104 Å². The first-order chi connectivity index (χ1) is 17.1. The van der Waals surface area contributed by atoms with Gasteiger partial charge >= 0.3 is 0 Å². The average molecular weight is 619 g/mol. The Morgan fingerprint density at radius 2 is 1.72 bits per heavy atom. The Balaban J connectivity index is 2.55. The number of nitrogens with one attached hydrogen (secondary N) is 1. The van der Waals surface area contributed by atoms with Crippen molar-refractivity contribution in [3.05, 3.63) is 39.3 Å². The van der Waals surface area contributed by atoms with Gasteiger partial charge in [-0.15, -0.1) is 0 Å². The van der Waals surface area contributed by atoms with Crippen LogP contribution in [0.3, 0.4) is 0 Å². The summed E-state index contributed by atoms with van der Waals surface area (Å²) in [6, 6.07) is 3.84. The van der Waals surface area contributed by atoms with Crippen LogP contribution >= 0.6 is 22.6 Å². The van der Waals surface area contributed by atoms with Gasteiger partial charge in [0.05, 0.1) is 29.8 Å². The molecule has 1 heterocycles. The Morgan fingerprint density at radius 3 is 2.31 bits per heavy atom. The highest BCUT2D eigenvalue weighted by Gasteiger charge is 2.29. The fourth-order valence-electron chi connectivity index (χ4n) is 3.74. The number of benzene rings is 1. The number of halogens is 1. The lowest BCUT2D eigenvalue weighted by Crippen LogP contribution is -2.42. The number of aryl methyl sites for hydroxylation is 2. The second-order valence-corrected chi connectivity index (χ2v) is 9.98. The molecule has 0 radical (unpaired) electrons. The predicted molar refractivity (Wildman–Crippen MR) is 148 cm³/mol. The number of nitrogens with zero attached hydrogens (tertiary/aromatic N) is 3. The Kier molecular flexibility index (Phi) is 12.7. The van der Waals surface area contributed by atoms with Crippen LogP contribution in [-0.2, 0) is 25.5 Å². The number of rotatable bonds is 15. The normalized spacial score (nSPS) is 14.2. The van der Waals surface area contributed by atoms with Crippen LogP contribution in [0.25, 0.3) is 11.0 Å². The van der Waals surface area contributed by atoms with Crippen LogP contribution in [0.2, 0.25) is 0 Å². The molecule has 0 saturated heterocycles. The zero-order chi connectivity index (χ0) is 26.8. The summed E-state index contributed by atoms with van der Waals surface area (Å²) in [7, 11) is 6.96. The summed E-state index contributed by atoms with van der Waals surface area (Å²) >= 11 is 2.26. The van der Waals surface area contributed by atoms with Crippen molar-refractivity contribution < 1.29 is 23.7 Å². The van der Waals surface area contributed by atoms with Crippen molar-refractivity contribution in [3.63, 3.8) is 0 Å². The third kappa shape index (κ3) is 8.18. The Morgan fingerprint density at radius 1 is 1.11 bits per heavy atom. The molecule has 0 unspecified atom stereocenters. The SMILES string of the molecule is COCO[C@@H](Cn1c(=O)c(C(=O)NCCN(C)C)nc2cc(C)c(C)cc21)[C@H](C)[C@@H](CI)OCOC. The number of amides is 1. The quantitative estimate of drug-likeness (QED) is 0.185. The largest absolute Gasteiger partial charge is 0.359 e. The molecule has 0 aliphatic carbocycles. The summed E-state index contributed by atoms with van der Waals surface area (Å²) in [5.74, 6) is -0.599. The molecule has 3 atom stereocenters. The molecule has 10 nitrogen and oxygen atoms in total. The Bertz CT molecular complexity index is 1060. The minimum Gasteiger partial charge on any atom is -0.359 e. The second kappa shape index (κ2) is 14.9. The number of likely N-dealkylation sites (N-methyl/N-ethyl adjacent to an activating group) is 1. The van der Waals surface area contributed by atoms with Crippen LogP contribution < -0.4 is 10.9 Å². The van der Waals surface area contributed by atoms with Crippen molar-refractivity contribution in [2.45, 2.75) is 39.5 Å². The second-order valence-electron chi connectivity index (χ2n) is 9.10. The highest BCUT2D eigenvalue weighted by atomic mass is 127. The van der Waals surface area contributed by atoms with Gasteiger partial charge in [-0.1, -0.05) is 29.5 Å². The number of alkyl halides is 1. The molecule has 0 aliphatic heterocycles. The lowest BCUT2D eigenvalue weighted by Gasteiger charge is -2.30. The molecule has 0 spiro atoms. The van der Waals surface area contributed by atoms with E-state index in [9.17, 15) is 9.59 Å². The van der Waals surface area contributed by atoms with Crippen LogP contribution in [0.1, 0.15) is 28.5 Å². The molecule has 0 bridgehead atoms. The van der Waals surface area contributed by atoms with E-state index in [-0.39, 0.29) is 37.8 Å². The molecule has 11 heteroatoms. The number of carbonyl (C=O) groups is 1. The van der Waals surface area contributed by atoms with Crippen LogP contribution in [0.15, 0.2) is 16.9 Å². The smallest absolute Gasteiger partial charge is 0.282 e. The summed E-state index contributed by atoms with van der Waals surface area (Å²) in [6.45, 7) is 7.44. The molecular weight excluding hydrogens is 579 g/mol. The predicted octanol–water partition coefficient (Wildman–Crippen LogP) is 2.35. The number of carbonyl (C=O) groups excluding carboxylic acids is 1. The fourth-order valence-corrected chi connectivity index (χ4v) is 4.80. The van der Waals surface area contributed by atoms with Gasteiger partial charge in [0.1, 0.15) is 13.6 Å². The maximum atomic E-state index is 13.7. The van der Waals surface area contributed by atoms with Gasteiger partial charge in [0.25, 0.3) is 11.5 Å². The molecule has 0 fully saturated rings. The van der Waals surface area contributed by atoms with Gasteiger partial charge in [0.15, 0.2) is 5.69 Å². The zero-order valence-corrected chi connectivity index (χ0v) is 24.5. The molecule has 2 aromatic rings.